The fourth-order valence-electron chi connectivity index (χ4n) is 1.44. The molecule has 0 aliphatic rings. The average Bonchev–Trinajstić information content (AvgIpc) is 2.39. The second kappa shape index (κ2) is 5.26. The summed E-state index contributed by atoms with van der Waals surface area (Å²) in [6.07, 6.45) is 1.19. The molecule has 0 bridgehead atoms. The van der Waals surface area contributed by atoms with Crippen molar-refractivity contribution in [3.05, 3.63) is 59.7 Å². The van der Waals surface area contributed by atoms with Gasteiger partial charge in [-0.3, -0.25) is 4.79 Å². The third kappa shape index (κ3) is 3.12. The Morgan fingerprint density at radius 3 is 2.37 bits per heavy atom. The number of nitrogens with zero attached hydrogens (tertiary/aromatic N) is 1. The summed E-state index contributed by atoms with van der Waals surface area (Å²) in [5.41, 5.74) is 0.676. The zero-order valence-corrected chi connectivity index (χ0v) is 9.63. The van der Waals surface area contributed by atoms with Crippen molar-refractivity contribution in [3.63, 3.8) is 0 Å². The highest BCUT2D eigenvalue weighted by atomic mass is 19.1. The van der Waals surface area contributed by atoms with Gasteiger partial charge >= 0.3 is 5.97 Å². The second-order valence-corrected chi connectivity index (χ2v) is 3.70. The molecule has 0 atom stereocenters. The fraction of sp³-hybridized carbons (Fsp3) is 0. The van der Waals surface area contributed by atoms with Crippen LogP contribution in [0.2, 0.25) is 0 Å². The van der Waals surface area contributed by atoms with Gasteiger partial charge in [-0.25, -0.2) is 9.78 Å². The van der Waals surface area contributed by atoms with E-state index in [1.807, 2.05) is 0 Å². The van der Waals surface area contributed by atoms with Crippen molar-refractivity contribution in [1.82, 2.24) is 4.98 Å². The van der Waals surface area contributed by atoms with Gasteiger partial charge in [-0.2, -0.15) is 4.39 Å². The third-order valence-corrected chi connectivity index (χ3v) is 2.38. The van der Waals surface area contributed by atoms with Crippen LogP contribution in [-0.4, -0.2) is 22.0 Å². The van der Waals surface area contributed by atoms with E-state index in [9.17, 15) is 14.0 Å². The lowest BCUT2D eigenvalue weighted by molar-refractivity contribution is 0.0696. The molecule has 1 amide bonds. The molecule has 0 aliphatic heterocycles. The largest absolute Gasteiger partial charge is 0.478 e. The Kier molecular flexibility index (Phi) is 3.51. The Labute approximate surface area is 107 Å². The fourth-order valence-corrected chi connectivity index (χ4v) is 1.44. The van der Waals surface area contributed by atoms with Gasteiger partial charge in [-0.1, -0.05) is 0 Å². The van der Waals surface area contributed by atoms with Gasteiger partial charge in [-0.15, -0.1) is 0 Å². The molecule has 2 aromatic rings. The number of hydrogen-bond donors (Lipinski definition) is 2. The minimum atomic E-state index is -1.05. The number of anilines is 1. The van der Waals surface area contributed by atoms with Crippen LogP contribution in [0.4, 0.5) is 10.1 Å². The molecular formula is C13H9FN2O3. The first-order valence-electron chi connectivity index (χ1n) is 5.32. The summed E-state index contributed by atoms with van der Waals surface area (Å²) in [6.45, 7) is 0. The Balaban J connectivity index is 2.13. The van der Waals surface area contributed by atoms with Gasteiger partial charge in [-0.05, 0) is 30.3 Å². The van der Waals surface area contributed by atoms with Gasteiger partial charge in [0.1, 0.15) is 0 Å². The zero-order chi connectivity index (χ0) is 13.8. The highest BCUT2D eigenvalue weighted by Crippen LogP contribution is 2.11. The summed E-state index contributed by atoms with van der Waals surface area (Å²) < 4.78 is 12.9. The van der Waals surface area contributed by atoms with Gasteiger partial charge in [0, 0.05) is 23.5 Å². The number of rotatable bonds is 3. The summed E-state index contributed by atoms with van der Waals surface area (Å²) >= 11 is 0. The normalized spacial score (nSPS) is 9.95. The van der Waals surface area contributed by atoms with E-state index in [4.69, 9.17) is 5.11 Å². The summed E-state index contributed by atoms with van der Waals surface area (Å²) in [7, 11) is 0. The number of hydrogen-bond acceptors (Lipinski definition) is 3. The zero-order valence-electron chi connectivity index (χ0n) is 9.63. The Bertz CT molecular complexity index is 626. The van der Waals surface area contributed by atoms with Crippen molar-refractivity contribution in [2.75, 3.05) is 5.32 Å². The minimum absolute atomic E-state index is 0.118. The van der Waals surface area contributed by atoms with E-state index in [-0.39, 0.29) is 11.1 Å². The van der Waals surface area contributed by atoms with Crippen LogP contribution in [0.15, 0.2) is 42.6 Å². The van der Waals surface area contributed by atoms with E-state index >= 15 is 0 Å². The van der Waals surface area contributed by atoms with Gasteiger partial charge in [0.05, 0.1) is 5.56 Å². The number of carboxylic acids is 1. The number of benzene rings is 1. The minimum Gasteiger partial charge on any atom is -0.478 e. The van der Waals surface area contributed by atoms with Crippen LogP contribution in [0.5, 0.6) is 0 Å². The summed E-state index contributed by atoms with van der Waals surface area (Å²) in [5, 5.41) is 11.3. The van der Waals surface area contributed by atoms with E-state index in [0.29, 0.717) is 5.69 Å². The van der Waals surface area contributed by atoms with Crippen molar-refractivity contribution >= 4 is 17.6 Å². The van der Waals surface area contributed by atoms with E-state index in [1.165, 1.54) is 36.5 Å². The number of aromatic carboxylic acids is 1. The topological polar surface area (TPSA) is 79.3 Å². The molecular weight excluding hydrogens is 251 g/mol. The molecule has 1 aromatic carbocycles. The number of carboxylic acid groups (broad SMARTS) is 1. The first kappa shape index (κ1) is 12.7. The SMILES string of the molecule is O=C(O)c1ccc(NC(=O)c2ccnc(F)c2)cc1. The Morgan fingerprint density at radius 2 is 1.79 bits per heavy atom. The number of carbonyl (C=O) groups is 2. The third-order valence-electron chi connectivity index (χ3n) is 2.38. The van der Waals surface area contributed by atoms with Gasteiger partial charge in [0.15, 0.2) is 0 Å². The van der Waals surface area contributed by atoms with Crippen LogP contribution in [0.25, 0.3) is 0 Å². The number of pyridine rings is 1. The molecule has 2 rings (SSSR count). The van der Waals surface area contributed by atoms with Crippen LogP contribution < -0.4 is 5.32 Å². The molecule has 0 aliphatic carbocycles. The number of amides is 1. The summed E-state index contributed by atoms with van der Waals surface area (Å²) in [4.78, 5) is 25.8. The monoisotopic (exact) mass is 260 g/mol. The predicted octanol–water partition coefficient (Wildman–Crippen LogP) is 2.17. The smallest absolute Gasteiger partial charge is 0.335 e. The number of halogens is 1. The van der Waals surface area contributed by atoms with Crippen LogP contribution in [-0.2, 0) is 0 Å². The van der Waals surface area contributed by atoms with E-state index in [1.54, 1.807) is 0 Å². The van der Waals surface area contributed by atoms with Crippen molar-refractivity contribution < 1.29 is 19.1 Å². The molecule has 0 unspecified atom stereocenters. The molecule has 0 saturated heterocycles. The lowest BCUT2D eigenvalue weighted by atomic mass is 10.2. The molecule has 96 valence electrons. The van der Waals surface area contributed by atoms with Crippen molar-refractivity contribution in [2.24, 2.45) is 0 Å². The van der Waals surface area contributed by atoms with Crippen LogP contribution in [0, 0.1) is 5.95 Å². The van der Waals surface area contributed by atoms with Gasteiger partial charge < -0.3 is 10.4 Å². The van der Waals surface area contributed by atoms with Crippen LogP contribution in [0.1, 0.15) is 20.7 Å². The molecule has 5 nitrogen and oxygen atoms in total. The molecule has 0 spiro atoms. The maximum atomic E-state index is 12.9. The Hall–Kier alpha value is -2.76. The number of nitrogens with one attached hydrogen (secondary N) is 1. The first-order chi connectivity index (χ1) is 9.06. The predicted molar refractivity (Wildman–Crippen MR) is 65.5 cm³/mol. The highest BCUT2D eigenvalue weighted by Gasteiger charge is 2.08. The lowest BCUT2D eigenvalue weighted by Gasteiger charge is -2.05. The number of carbonyl (C=O) groups excluding carboxylic acids is 1. The standard InChI is InChI=1S/C13H9FN2O3/c14-11-7-9(5-6-15-11)12(17)16-10-3-1-8(2-4-10)13(18)19/h1-7H,(H,16,17)(H,18,19). The molecule has 1 heterocycles. The molecule has 6 heteroatoms. The van der Waals surface area contributed by atoms with E-state index in [2.05, 4.69) is 10.3 Å². The number of aromatic nitrogens is 1. The molecule has 0 radical (unpaired) electrons. The maximum absolute atomic E-state index is 12.9. The molecule has 0 fully saturated rings. The van der Waals surface area contributed by atoms with Crippen LogP contribution >= 0.6 is 0 Å². The molecule has 19 heavy (non-hydrogen) atoms. The Morgan fingerprint density at radius 1 is 1.11 bits per heavy atom. The lowest BCUT2D eigenvalue weighted by Crippen LogP contribution is -2.12. The molecule has 2 N–H and O–H groups in total. The van der Waals surface area contributed by atoms with Crippen molar-refractivity contribution in [2.45, 2.75) is 0 Å². The average molecular weight is 260 g/mol. The van der Waals surface area contributed by atoms with Crippen LogP contribution in [0.3, 0.4) is 0 Å². The highest BCUT2D eigenvalue weighted by molar-refractivity contribution is 6.04. The second-order valence-electron chi connectivity index (χ2n) is 3.70. The van der Waals surface area contributed by atoms with Gasteiger partial charge in [0.25, 0.3) is 5.91 Å². The van der Waals surface area contributed by atoms with E-state index in [0.717, 1.165) is 6.07 Å². The van der Waals surface area contributed by atoms with E-state index < -0.39 is 17.8 Å². The maximum Gasteiger partial charge on any atom is 0.335 e. The summed E-state index contributed by atoms with van der Waals surface area (Å²) in [6, 6.07) is 8.04. The summed E-state index contributed by atoms with van der Waals surface area (Å²) in [5.74, 6) is -2.28. The van der Waals surface area contributed by atoms with Gasteiger partial charge in [0.2, 0.25) is 5.95 Å². The molecule has 0 saturated carbocycles. The first-order valence-corrected chi connectivity index (χ1v) is 5.32. The quantitative estimate of drug-likeness (QED) is 0.829. The molecule has 1 aromatic heterocycles. The van der Waals surface area contributed by atoms with Crippen molar-refractivity contribution in [1.29, 1.82) is 0 Å². The van der Waals surface area contributed by atoms with Crippen molar-refractivity contribution in [3.8, 4) is 0 Å².